The molecular weight excluding hydrogens is 304 g/mol. The molecule has 6 nitrogen and oxygen atoms in total. The van der Waals surface area contributed by atoms with Gasteiger partial charge in [0.25, 0.3) is 5.91 Å². The summed E-state index contributed by atoms with van der Waals surface area (Å²) in [5.74, 6) is 0.588. The Hall–Kier alpha value is -3.59. The predicted molar refractivity (Wildman–Crippen MR) is 90.8 cm³/mol. The third-order valence-corrected chi connectivity index (χ3v) is 3.43. The van der Waals surface area contributed by atoms with Crippen LogP contribution < -0.4 is 10.1 Å². The highest BCUT2D eigenvalue weighted by Crippen LogP contribution is 2.28. The number of methoxy groups -OCH3 is 1. The van der Waals surface area contributed by atoms with Crippen LogP contribution in [-0.2, 0) is 0 Å². The molecule has 0 aliphatic heterocycles. The van der Waals surface area contributed by atoms with Gasteiger partial charge in [0.1, 0.15) is 11.6 Å². The van der Waals surface area contributed by atoms with Gasteiger partial charge in [0.2, 0.25) is 5.69 Å². The van der Waals surface area contributed by atoms with Crippen LogP contribution in [0.1, 0.15) is 10.4 Å². The lowest BCUT2D eigenvalue weighted by Gasteiger charge is -2.10. The van der Waals surface area contributed by atoms with E-state index < -0.39 is 0 Å². The van der Waals surface area contributed by atoms with Crippen LogP contribution in [0.25, 0.3) is 10.5 Å². The summed E-state index contributed by atoms with van der Waals surface area (Å²) in [7, 11) is 1.54. The molecule has 0 fully saturated rings. The van der Waals surface area contributed by atoms with Crippen molar-refractivity contribution in [3.63, 3.8) is 0 Å². The molecule has 1 N–H and O–H groups in total. The van der Waals surface area contributed by atoms with E-state index in [0.29, 0.717) is 17.1 Å². The van der Waals surface area contributed by atoms with E-state index in [2.05, 4.69) is 15.3 Å². The van der Waals surface area contributed by atoms with Crippen LogP contribution in [0, 0.1) is 6.57 Å². The molecule has 1 aromatic heterocycles. The number of ether oxygens (including phenoxy) is 1. The molecular formula is C18H14N4O2. The summed E-state index contributed by atoms with van der Waals surface area (Å²) in [5, 5.41) is 6.97. The first-order valence-electron chi connectivity index (χ1n) is 7.19. The summed E-state index contributed by atoms with van der Waals surface area (Å²) in [6.07, 6.45) is 1.43. The van der Waals surface area contributed by atoms with Gasteiger partial charge in [-0.05, 0) is 30.3 Å². The number of benzene rings is 2. The summed E-state index contributed by atoms with van der Waals surface area (Å²) in [4.78, 5) is 15.9. The highest BCUT2D eigenvalue weighted by molar-refractivity contribution is 6.05. The smallest absolute Gasteiger partial charge is 0.255 e. The Labute approximate surface area is 139 Å². The van der Waals surface area contributed by atoms with Gasteiger partial charge in [-0.2, -0.15) is 5.10 Å². The Morgan fingerprint density at radius 1 is 1.21 bits per heavy atom. The van der Waals surface area contributed by atoms with Crippen LogP contribution in [0.15, 0.2) is 60.8 Å². The molecule has 24 heavy (non-hydrogen) atoms. The van der Waals surface area contributed by atoms with E-state index in [1.54, 1.807) is 31.4 Å². The van der Waals surface area contributed by atoms with Gasteiger partial charge < -0.3 is 10.1 Å². The maximum absolute atomic E-state index is 12.5. The fourth-order valence-corrected chi connectivity index (χ4v) is 2.25. The molecule has 0 saturated heterocycles. The lowest BCUT2D eigenvalue weighted by molar-refractivity contribution is 0.102. The van der Waals surface area contributed by atoms with E-state index in [1.807, 2.05) is 30.3 Å². The quantitative estimate of drug-likeness (QED) is 0.746. The number of anilines is 1. The number of hydrogen-bond donors (Lipinski definition) is 1. The number of nitrogens with one attached hydrogen (secondary N) is 1. The Kier molecular flexibility index (Phi) is 4.25. The van der Waals surface area contributed by atoms with E-state index >= 15 is 0 Å². The Morgan fingerprint density at radius 3 is 2.71 bits per heavy atom. The van der Waals surface area contributed by atoms with Crippen LogP contribution in [0.3, 0.4) is 0 Å². The van der Waals surface area contributed by atoms with E-state index in [-0.39, 0.29) is 11.6 Å². The van der Waals surface area contributed by atoms with Crippen molar-refractivity contribution < 1.29 is 9.53 Å². The average molecular weight is 318 g/mol. The number of aromatic nitrogens is 2. The van der Waals surface area contributed by atoms with Crippen molar-refractivity contribution in [2.24, 2.45) is 0 Å². The normalized spacial score (nSPS) is 10.0. The molecule has 6 heteroatoms. The number of para-hydroxylation sites is 1. The zero-order chi connectivity index (χ0) is 16.9. The minimum atomic E-state index is -0.337. The first kappa shape index (κ1) is 15.3. The Bertz CT molecular complexity index is 910. The van der Waals surface area contributed by atoms with Gasteiger partial charge in [0.05, 0.1) is 25.6 Å². The number of carbonyl (C=O) groups excluding carboxylic acids is 1. The second-order valence-electron chi connectivity index (χ2n) is 4.92. The molecule has 118 valence electrons. The number of hydrogen-bond acceptors (Lipinski definition) is 3. The molecule has 0 aliphatic carbocycles. The summed E-state index contributed by atoms with van der Waals surface area (Å²) in [6.45, 7) is 7.27. The largest absolute Gasteiger partial charge is 0.497 e. The maximum Gasteiger partial charge on any atom is 0.255 e. The highest BCUT2D eigenvalue weighted by Gasteiger charge is 2.16. The fourth-order valence-electron chi connectivity index (χ4n) is 2.25. The van der Waals surface area contributed by atoms with Gasteiger partial charge in [-0.1, -0.05) is 24.3 Å². The van der Waals surface area contributed by atoms with Crippen molar-refractivity contribution in [2.75, 3.05) is 12.4 Å². The molecule has 3 aromatic rings. The van der Waals surface area contributed by atoms with Gasteiger partial charge in [-0.15, -0.1) is 0 Å². The molecule has 0 spiro atoms. The molecule has 0 bridgehead atoms. The van der Waals surface area contributed by atoms with Gasteiger partial charge in [-0.25, -0.2) is 9.53 Å². The van der Waals surface area contributed by atoms with Crippen molar-refractivity contribution >= 4 is 17.4 Å². The molecule has 0 radical (unpaired) electrons. The van der Waals surface area contributed by atoms with Crippen LogP contribution in [0.5, 0.6) is 5.75 Å². The third-order valence-electron chi connectivity index (χ3n) is 3.43. The number of amides is 1. The maximum atomic E-state index is 12.5. The number of rotatable bonds is 4. The summed E-state index contributed by atoms with van der Waals surface area (Å²) >= 11 is 0. The monoisotopic (exact) mass is 318 g/mol. The van der Waals surface area contributed by atoms with Crippen molar-refractivity contribution in [1.82, 2.24) is 9.78 Å². The second kappa shape index (κ2) is 6.67. The van der Waals surface area contributed by atoms with E-state index in [4.69, 9.17) is 11.3 Å². The zero-order valence-electron chi connectivity index (χ0n) is 12.9. The molecule has 0 atom stereocenters. The van der Waals surface area contributed by atoms with Crippen molar-refractivity contribution in [3.8, 4) is 11.4 Å². The van der Waals surface area contributed by atoms with Crippen molar-refractivity contribution in [3.05, 3.63) is 77.8 Å². The zero-order valence-corrected chi connectivity index (χ0v) is 12.9. The Balaban J connectivity index is 1.96. The highest BCUT2D eigenvalue weighted by atomic mass is 16.5. The van der Waals surface area contributed by atoms with Crippen molar-refractivity contribution in [1.29, 1.82) is 0 Å². The van der Waals surface area contributed by atoms with Crippen LogP contribution in [0.2, 0.25) is 0 Å². The van der Waals surface area contributed by atoms with E-state index in [0.717, 1.165) is 5.69 Å². The molecule has 0 unspecified atom stereocenters. The molecule has 0 aliphatic rings. The summed E-state index contributed by atoms with van der Waals surface area (Å²) < 4.78 is 6.67. The standard InChI is InChI=1S/C18H14N4O2/c1-19-16-12-20-22(14-8-4-3-5-9-14)17(16)21-18(23)13-7-6-10-15(11-13)24-2/h3-12H,2H3,(H,21,23). The second-order valence-corrected chi connectivity index (χ2v) is 4.92. The fraction of sp³-hybridized carbons (Fsp3) is 0.0556. The number of nitrogens with zero attached hydrogens (tertiary/aromatic N) is 3. The summed E-state index contributed by atoms with van der Waals surface area (Å²) in [5.41, 5.74) is 1.47. The van der Waals surface area contributed by atoms with Crippen LogP contribution in [-0.4, -0.2) is 22.8 Å². The minimum absolute atomic E-state index is 0.273. The molecule has 0 saturated carbocycles. The van der Waals surface area contributed by atoms with Crippen LogP contribution >= 0.6 is 0 Å². The molecule has 2 aromatic carbocycles. The molecule has 1 amide bonds. The summed E-state index contributed by atoms with van der Waals surface area (Å²) in [6, 6.07) is 16.1. The predicted octanol–water partition coefficient (Wildman–Crippen LogP) is 3.68. The first-order valence-corrected chi connectivity index (χ1v) is 7.19. The lowest BCUT2D eigenvalue weighted by atomic mass is 10.2. The minimum Gasteiger partial charge on any atom is -0.497 e. The van der Waals surface area contributed by atoms with E-state index in [1.165, 1.54) is 10.9 Å². The third kappa shape index (κ3) is 2.96. The number of carbonyl (C=O) groups is 1. The van der Waals surface area contributed by atoms with Crippen molar-refractivity contribution in [2.45, 2.75) is 0 Å². The Morgan fingerprint density at radius 2 is 2.00 bits per heavy atom. The topological polar surface area (TPSA) is 60.5 Å². The molecule has 1 heterocycles. The molecule has 3 rings (SSSR count). The van der Waals surface area contributed by atoms with E-state index in [9.17, 15) is 4.79 Å². The van der Waals surface area contributed by atoms with Gasteiger partial charge in [0, 0.05) is 5.56 Å². The van der Waals surface area contributed by atoms with Gasteiger partial charge >= 0.3 is 0 Å². The SMILES string of the molecule is [C-]#[N+]c1cnn(-c2ccccc2)c1NC(=O)c1cccc(OC)c1. The van der Waals surface area contributed by atoms with Gasteiger partial charge in [0.15, 0.2) is 0 Å². The lowest BCUT2D eigenvalue weighted by Crippen LogP contribution is -2.15. The average Bonchev–Trinajstić information content (AvgIpc) is 3.05. The van der Waals surface area contributed by atoms with Crippen LogP contribution in [0.4, 0.5) is 11.5 Å². The van der Waals surface area contributed by atoms with Gasteiger partial charge in [-0.3, -0.25) is 4.79 Å². The first-order chi connectivity index (χ1) is 11.7.